The minimum absolute atomic E-state index is 0.217. The zero-order valence-electron chi connectivity index (χ0n) is 10.3. The van der Waals surface area contributed by atoms with Crippen molar-refractivity contribution in [1.29, 1.82) is 0 Å². The molecule has 0 saturated carbocycles. The second kappa shape index (κ2) is 6.25. The number of hydrogen-bond donors (Lipinski definition) is 1. The summed E-state index contributed by atoms with van der Waals surface area (Å²) >= 11 is 0. The van der Waals surface area contributed by atoms with Crippen LogP contribution in [0.4, 0.5) is 0 Å². The predicted octanol–water partition coefficient (Wildman–Crippen LogP) is 1.25. The average Bonchev–Trinajstić information content (AvgIpc) is 2.49. The Bertz CT molecular complexity index is 567. The van der Waals surface area contributed by atoms with E-state index in [-0.39, 0.29) is 5.69 Å². The summed E-state index contributed by atoms with van der Waals surface area (Å²) in [6.07, 6.45) is 5.85. The Labute approximate surface area is 110 Å². The van der Waals surface area contributed by atoms with E-state index in [1.54, 1.807) is 7.11 Å². The maximum absolute atomic E-state index is 11.6. The van der Waals surface area contributed by atoms with Crippen molar-refractivity contribution in [2.24, 2.45) is 5.10 Å². The lowest BCUT2D eigenvalue weighted by Gasteiger charge is -1.99. The van der Waals surface area contributed by atoms with E-state index in [1.165, 1.54) is 24.8 Å². The van der Waals surface area contributed by atoms with Crippen molar-refractivity contribution < 1.29 is 9.53 Å². The molecule has 1 N–H and O–H groups in total. The van der Waals surface area contributed by atoms with E-state index >= 15 is 0 Å². The van der Waals surface area contributed by atoms with Gasteiger partial charge in [-0.2, -0.15) is 5.10 Å². The number of amides is 1. The van der Waals surface area contributed by atoms with E-state index in [9.17, 15) is 4.79 Å². The summed E-state index contributed by atoms with van der Waals surface area (Å²) in [5.74, 6) is 0.360. The molecule has 1 heterocycles. The molecule has 1 amide bonds. The van der Waals surface area contributed by atoms with Gasteiger partial charge in [0.1, 0.15) is 11.4 Å². The Morgan fingerprint density at radius 3 is 2.74 bits per heavy atom. The van der Waals surface area contributed by atoms with Gasteiger partial charge < -0.3 is 4.74 Å². The standard InChI is InChI=1S/C13H12N4O2/c1-19-11-4-2-10(3-5-11)8-16-17-13(18)12-9-14-6-7-15-12/h2-9H,1H3,(H,17,18). The van der Waals surface area contributed by atoms with Crippen LogP contribution in [0.15, 0.2) is 48.0 Å². The van der Waals surface area contributed by atoms with Crippen molar-refractivity contribution in [3.8, 4) is 5.75 Å². The molecule has 2 aromatic rings. The molecule has 0 spiro atoms. The number of nitrogens with one attached hydrogen (secondary N) is 1. The second-order valence-corrected chi connectivity index (χ2v) is 3.56. The molecule has 6 nitrogen and oxygen atoms in total. The van der Waals surface area contributed by atoms with Crippen LogP contribution in [0.1, 0.15) is 16.1 Å². The number of benzene rings is 1. The highest BCUT2D eigenvalue weighted by atomic mass is 16.5. The van der Waals surface area contributed by atoms with Gasteiger partial charge in [-0.25, -0.2) is 10.4 Å². The Balaban J connectivity index is 1.94. The van der Waals surface area contributed by atoms with E-state index in [0.29, 0.717) is 0 Å². The maximum Gasteiger partial charge on any atom is 0.291 e. The van der Waals surface area contributed by atoms with Crippen molar-refractivity contribution in [3.05, 3.63) is 54.1 Å². The molecule has 0 aliphatic carbocycles. The topological polar surface area (TPSA) is 76.5 Å². The van der Waals surface area contributed by atoms with Crippen molar-refractivity contribution in [3.63, 3.8) is 0 Å². The van der Waals surface area contributed by atoms with Gasteiger partial charge in [-0.05, 0) is 29.8 Å². The lowest BCUT2D eigenvalue weighted by molar-refractivity contribution is 0.0949. The van der Waals surface area contributed by atoms with Crippen LogP contribution < -0.4 is 10.2 Å². The number of carbonyl (C=O) groups excluding carboxylic acids is 1. The molecule has 0 aliphatic rings. The van der Waals surface area contributed by atoms with Crippen molar-refractivity contribution in [1.82, 2.24) is 15.4 Å². The lowest BCUT2D eigenvalue weighted by atomic mass is 10.2. The minimum Gasteiger partial charge on any atom is -0.497 e. The molecule has 0 bridgehead atoms. The van der Waals surface area contributed by atoms with Gasteiger partial charge in [-0.3, -0.25) is 9.78 Å². The van der Waals surface area contributed by atoms with Crippen LogP contribution in [0.5, 0.6) is 5.75 Å². The summed E-state index contributed by atoms with van der Waals surface area (Å²) in [6.45, 7) is 0. The quantitative estimate of drug-likeness (QED) is 0.659. The van der Waals surface area contributed by atoms with Crippen molar-refractivity contribution in [2.45, 2.75) is 0 Å². The summed E-state index contributed by atoms with van der Waals surface area (Å²) in [4.78, 5) is 19.3. The van der Waals surface area contributed by atoms with E-state index in [4.69, 9.17) is 4.74 Å². The molecule has 19 heavy (non-hydrogen) atoms. The lowest BCUT2D eigenvalue weighted by Crippen LogP contribution is -2.19. The first-order valence-electron chi connectivity index (χ1n) is 5.53. The molecular weight excluding hydrogens is 244 g/mol. The highest BCUT2D eigenvalue weighted by Crippen LogP contribution is 2.09. The van der Waals surface area contributed by atoms with Gasteiger partial charge in [0.15, 0.2) is 0 Å². The summed E-state index contributed by atoms with van der Waals surface area (Å²) in [7, 11) is 1.60. The van der Waals surface area contributed by atoms with Crippen LogP contribution in [0.2, 0.25) is 0 Å². The summed E-state index contributed by atoms with van der Waals surface area (Å²) in [5, 5.41) is 3.84. The molecule has 0 unspecified atom stereocenters. The first-order chi connectivity index (χ1) is 9.29. The third kappa shape index (κ3) is 3.60. The van der Waals surface area contributed by atoms with Gasteiger partial charge in [0.25, 0.3) is 5.91 Å². The summed E-state index contributed by atoms with van der Waals surface area (Å²) in [5.41, 5.74) is 3.44. The number of nitrogens with zero attached hydrogens (tertiary/aromatic N) is 3. The van der Waals surface area contributed by atoms with Crippen molar-refractivity contribution >= 4 is 12.1 Å². The molecular formula is C13H12N4O2. The Morgan fingerprint density at radius 2 is 2.11 bits per heavy atom. The minimum atomic E-state index is -0.405. The number of rotatable bonds is 4. The number of hydrogen-bond acceptors (Lipinski definition) is 5. The largest absolute Gasteiger partial charge is 0.497 e. The zero-order valence-corrected chi connectivity index (χ0v) is 10.3. The van der Waals surface area contributed by atoms with Crippen LogP contribution in [0.3, 0.4) is 0 Å². The molecule has 0 atom stereocenters. The highest BCUT2D eigenvalue weighted by Gasteiger charge is 2.04. The monoisotopic (exact) mass is 256 g/mol. The van der Waals surface area contributed by atoms with Crippen LogP contribution in [-0.2, 0) is 0 Å². The molecule has 96 valence electrons. The fourth-order valence-electron chi connectivity index (χ4n) is 1.33. The third-order valence-electron chi connectivity index (χ3n) is 2.29. The molecule has 0 fully saturated rings. The second-order valence-electron chi connectivity index (χ2n) is 3.56. The number of aromatic nitrogens is 2. The van der Waals surface area contributed by atoms with E-state index < -0.39 is 5.91 Å². The fourth-order valence-corrected chi connectivity index (χ4v) is 1.33. The first kappa shape index (κ1) is 12.7. The average molecular weight is 256 g/mol. The molecule has 1 aromatic carbocycles. The van der Waals surface area contributed by atoms with E-state index in [2.05, 4.69) is 20.5 Å². The highest BCUT2D eigenvalue weighted by molar-refractivity contribution is 5.92. The molecule has 6 heteroatoms. The predicted molar refractivity (Wildman–Crippen MR) is 70.1 cm³/mol. The smallest absolute Gasteiger partial charge is 0.291 e. The number of methoxy groups -OCH3 is 1. The fraction of sp³-hybridized carbons (Fsp3) is 0.0769. The molecule has 1 aromatic heterocycles. The maximum atomic E-state index is 11.6. The van der Waals surface area contributed by atoms with E-state index in [1.807, 2.05) is 24.3 Å². The van der Waals surface area contributed by atoms with E-state index in [0.717, 1.165) is 11.3 Å². The van der Waals surface area contributed by atoms with Crippen LogP contribution >= 0.6 is 0 Å². The molecule has 2 rings (SSSR count). The van der Waals surface area contributed by atoms with Crippen LogP contribution in [0, 0.1) is 0 Å². The molecule has 0 aliphatic heterocycles. The summed E-state index contributed by atoms with van der Waals surface area (Å²) in [6, 6.07) is 7.28. The molecule has 0 saturated heterocycles. The normalized spacial score (nSPS) is 10.4. The van der Waals surface area contributed by atoms with Crippen LogP contribution in [0.25, 0.3) is 0 Å². The van der Waals surface area contributed by atoms with Crippen LogP contribution in [-0.4, -0.2) is 29.2 Å². The Hall–Kier alpha value is -2.76. The number of hydrazone groups is 1. The van der Waals surface area contributed by atoms with Gasteiger partial charge in [0.05, 0.1) is 19.5 Å². The van der Waals surface area contributed by atoms with Gasteiger partial charge in [-0.1, -0.05) is 0 Å². The summed E-state index contributed by atoms with van der Waals surface area (Å²) < 4.78 is 5.04. The third-order valence-corrected chi connectivity index (χ3v) is 2.29. The molecule has 0 radical (unpaired) electrons. The van der Waals surface area contributed by atoms with Crippen molar-refractivity contribution in [2.75, 3.05) is 7.11 Å². The number of carbonyl (C=O) groups is 1. The van der Waals surface area contributed by atoms with Gasteiger partial charge in [0, 0.05) is 12.4 Å². The van der Waals surface area contributed by atoms with Gasteiger partial charge in [-0.15, -0.1) is 0 Å². The number of ether oxygens (including phenoxy) is 1. The SMILES string of the molecule is COc1ccc(C=NNC(=O)c2cnccn2)cc1. The first-order valence-corrected chi connectivity index (χ1v) is 5.53. The van der Waals surface area contributed by atoms with Gasteiger partial charge >= 0.3 is 0 Å². The van der Waals surface area contributed by atoms with Gasteiger partial charge in [0.2, 0.25) is 0 Å². The zero-order chi connectivity index (χ0) is 13.5. The Kier molecular flexibility index (Phi) is 4.17. The Morgan fingerprint density at radius 1 is 1.32 bits per heavy atom.